The van der Waals surface area contributed by atoms with Gasteiger partial charge in [-0.2, -0.15) is 5.84 Å². The van der Waals surface area contributed by atoms with Crippen molar-refractivity contribution in [3.05, 3.63) is 35.4 Å². The molecule has 6 nitrogen and oxygen atoms in total. The standard InChI is InChI=1S/C17H24O4.H4N2/c1-11(2)9-14-5-7-15(8-6-14)13(4)17(20)21-12(3)10-16(18)19;1-2/h5-8,11-13H,9-10H2,1-4H3,(H,18,19);1-2H2/p+1/t12-,13+;/m1./s1. The van der Waals surface area contributed by atoms with E-state index in [4.69, 9.17) is 9.84 Å². The van der Waals surface area contributed by atoms with Crippen LogP contribution < -0.4 is 11.7 Å². The summed E-state index contributed by atoms with van der Waals surface area (Å²) in [5.74, 6) is 5.84. The third kappa shape index (κ3) is 8.32. The SMILES string of the molecule is CC(C)Cc1ccc([C@H](C)C(=O)O[C@H](C)CC(=O)O)cc1.N[NH3+]. The predicted molar refractivity (Wildman–Crippen MR) is 88.3 cm³/mol. The second-order valence-electron chi connectivity index (χ2n) is 5.91. The summed E-state index contributed by atoms with van der Waals surface area (Å²) >= 11 is 0. The van der Waals surface area contributed by atoms with E-state index in [0.29, 0.717) is 5.92 Å². The first kappa shape index (κ1) is 21.1. The van der Waals surface area contributed by atoms with Crippen LogP contribution in [0.4, 0.5) is 0 Å². The highest BCUT2D eigenvalue weighted by Gasteiger charge is 2.20. The van der Waals surface area contributed by atoms with Gasteiger partial charge in [0.05, 0.1) is 12.3 Å². The van der Waals surface area contributed by atoms with Gasteiger partial charge >= 0.3 is 11.9 Å². The van der Waals surface area contributed by atoms with Gasteiger partial charge < -0.3 is 9.84 Å². The van der Waals surface area contributed by atoms with Gasteiger partial charge in [-0.25, -0.2) is 0 Å². The molecule has 130 valence electrons. The number of carboxylic acids is 1. The monoisotopic (exact) mass is 325 g/mol. The van der Waals surface area contributed by atoms with Crippen LogP contribution in [0.2, 0.25) is 0 Å². The molecule has 0 radical (unpaired) electrons. The van der Waals surface area contributed by atoms with Crippen molar-refractivity contribution in [2.24, 2.45) is 11.8 Å². The molecule has 0 spiro atoms. The average molecular weight is 325 g/mol. The fourth-order valence-corrected chi connectivity index (χ4v) is 2.14. The van der Waals surface area contributed by atoms with E-state index in [1.165, 1.54) is 5.56 Å². The molecule has 1 aromatic carbocycles. The molecule has 1 aromatic rings. The van der Waals surface area contributed by atoms with E-state index in [0.717, 1.165) is 12.0 Å². The number of benzene rings is 1. The van der Waals surface area contributed by atoms with Gasteiger partial charge in [0, 0.05) is 0 Å². The van der Waals surface area contributed by atoms with Crippen LogP contribution in [-0.4, -0.2) is 23.1 Å². The first-order valence-corrected chi connectivity index (χ1v) is 7.71. The van der Waals surface area contributed by atoms with Gasteiger partial charge in [-0.05, 0) is 37.3 Å². The van der Waals surface area contributed by atoms with E-state index in [9.17, 15) is 9.59 Å². The van der Waals surface area contributed by atoms with Crippen LogP contribution in [-0.2, 0) is 20.7 Å². The largest absolute Gasteiger partial charge is 0.481 e. The Labute approximate surface area is 137 Å². The van der Waals surface area contributed by atoms with Crippen molar-refractivity contribution in [2.75, 3.05) is 0 Å². The first-order valence-electron chi connectivity index (χ1n) is 7.71. The third-order valence-electron chi connectivity index (χ3n) is 3.26. The molecule has 0 saturated carbocycles. The predicted octanol–water partition coefficient (Wildman–Crippen LogP) is 1.50. The summed E-state index contributed by atoms with van der Waals surface area (Å²) in [5, 5.41) is 8.66. The number of carboxylic acid groups (broad SMARTS) is 1. The number of aliphatic carboxylic acids is 1. The second-order valence-corrected chi connectivity index (χ2v) is 5.91. The third-order valence-corrected chi connectivity index (χ3v) is 3.26. The molecule has 2 atom stereocenters. The molecule has 0 fully saturated rings. The number of carbonyl (C=O) groups is 2. The minimum absolute atomic E-state index is 0.175. The van der Waals surface area contributed by atoms with Crippen LogP contribution in [0.15, 0.2) is 24.3 Å². The lowest BCUT2D eigenvalue weighted by Gasteiger charge is -2.16. The second kappa shape index (κ2) is 10.7. The number of esters is 1. The molecule has 6 N–H and O–H groups in total. The molecule has 1 rings (SSSR count). The van der Waals surface area contributed by atoms with Gasteiger partial charge in [-0.3, -0.25) is 15.4 Å². The molecule has 6 heteroatoms. The normalized spacial score (nSPS) is 12.8. The molecule has 0 amide bonds. The molecule has 0 saturated heterocycles. The van der Waals surface area contributed by atoms with E-state index < -0.39 is 18.0 Å². The summed E-state index contributed by atoms with van der Waals surface area (Å²) in [6.45, 7) is 7.69. The van der Waals surface area contributed by atoms with Crippen LogP contribution in [0.25, 0.3) is 0 Å². The fraction of sp³-hybridized carbons (Fsp3) is 0.529. The number of hydrogen-bond donors (Lipinski definition) is 3. The fourth-order valence-electron chi connectivity index (χ4n) is 2.14. The zero-order valence-electron chi connectivity index (χ0n) is 14.4. The summed E-state index contributed by atoms with van der Waals surface area (Å²) in [6, 6.07) is 7.93. The minimum Gasteiger partial charge on any atom is -0.481 e. The van der Waals surface area contributed by atoms with Crippen LogP contribution in [0, 0.1) is 5.92 Å². The lowest BCUT2D eigenvalue weighted by Crippen LogP contribution is -2.59. The lowest BCUT2D eigenvalue weighted by atomic mass is 9.97. The summed E-state index contributed by atoms with van der Waals surface area (Å²) < 4.78 is 5.15. The number of nitrogens with two attached hydrogens (primary N) is 1. The minimum atomic E-state index is -0.971. The number of rotatable bonds is 7. The van der Waals surface area contributed by atoms with Crippen molar-refractivity contribution >= 4 is 11.9 Å². The molecule has 0 heterocycles. The van der Waals surface area contributed by atoms with Crippen molar-refractivity contribution in [3.8, 4) is 0 Å². The molecule has 0 aliphatic carbocycles. The van der Waals surface area contributed by atoms with Crippen molar-refractivity contribution in [3.63, 3.8) is 0 Å². The Balaban J connectivity index is 0.00000232. The Kier molecular flexibility index (Phi) is 9.85. The molecule has 0 bridgehead atoms. The zero-order chi connectivity index (χ0) is 18.0. The number of quaternary nitrogens is 1. The quantitative estimate of drug-likeness (QED) is 0.399. The number of hydrogen-bond acceptors (Lipinski definition) is 4. The molecule has 23 heavy (non-hydrogen) atoms. The van der Waals surface area contributed by atoms with Crippen LogP contribution in [0.1, 0.15) is 51.2 Å². The molecule has 0 aromatic heterocycles. The maximum atomic E-state index is 12.0. The topological polar surface area (TPSA) is 117 Å². The molecular weight excluding hydrogens is 296 g/mol. The Morgan fingerprint density at radius 3 is 2.09 bits per heavy atom. The average Bonchev–Trinajstić information content (AvgIpc) is 2.47. The van der Waals surface area contributed by atoms with Crippen molar-refractivity contribution < 1.29 is 25.3 Å². The van der Waals surface area contributed by atoms with E-state index in [-0.39, 0.29) is 12.4 Å². The summed E-state index contributed by atoms with van der Waals surface area (Å²) in [7, 11) is 0. The van der Waals surface area contributed by atoms with Crippen LogP contribution in [0.3, 0.4) is 0 Å². The van der Waals surface area contributed by atoms with Crippen molar-refractivity contribution in [1.82, 2.24) is 0 Å². The summed E-state index contributed by atoms with van der Waals surface area (Å²) in [5.41, 5.74) is 2.13. The zero-order valence-corrected chi connectivity index (χ0v) is 14.4. The summed E-state index contributed by atoms with van der Waals surface area (Å²) in [4.78, 5) is 22.5. The maximum Gasteiger partial charge on any atom is 0.313 e. The summed E-state index contributed by atoms with van der Waals surface area (Å²) in [6.07, 6.45) is 0.221. The van der Waals surface area contributed by atoms with E-state index in [2.05, 4.69) is 25.5 Å². The van der Waals surface area contributed by atoms with Gasteiger partial charge in [0.1, 0.15) is 6.10 Å². The maximum absolute atomic E-state index is 12.0. The Morgan fingerprint density at radius 1 is 1.13 bits per heavy atom. The molecular formula is C17H29N2O4+. The smallest absolute Gasteiger partial charge is 0.313 e. The molecule has 0 aliphatic heterocycles. The van der Waals surface area contributed by atoms with E-state index >= 15 is 0 Å². The molecule has 0 aliphatic rings. The van der Waals surface area contributed by atoms with Gasteiger partial charge in [-0.15, -0.1) is 0 Å². The van der Waals surface area contributed by atoms with Crippen LogP contribution in [0.5, 0.6) is 0 Å². The number of ether oxygens (including phenoxy) is 1. The van der Waals surface area contributed by atoms with E-state index in [1.54, 1.807) is 13.8 Å². The van der Waals surface area contributed by atoms with Gasteiger partial charge in [-0.1, -0.05) is 38.1 Å². The lowest BCUT2D eigenvalue weighted by molar-refractivity contribution is -0.379. The highest BCUT2D eigenvalue weighted by atomic mass is 16.5. The number of carbonyl (C=O) groups excluding carboxylic acids is 1. The highest BCUT2D eigenvalue weighted by molar-refractivity contribution is 5.78. The Hall–Kier alpha value is -1.92. The van der Waals surface area contributed by atoms with Gasteiger partial charge in [0.25, 0.3) is 0 Å². The van der Waals surface area contributed by atoms with Crippen molar-refractivity contribution in [2.45, 2.75) is 52.6 Å². The molecule has 0 unspecified atom stereocenters. The Morgan fingerprint density at radius 2 is 1.65 bits per heavy atom. The van der Waals surface area contributed by atoms with E-state index in [1.807, 2.05) is 24.3 Å². The first-order chi connectivity index (χ1) is 10.8. The van der Waals surface area contributed by atoms with Crippen molar-refractivity contribution in [1.29, 1.82) is 0 Å². The highest BCUT2D eigenvalue weighted by Crippen LogP contribution is 2.19. The Bertz CT molecular complexity index is 486. The van der Waals surface area contributed by atoms with Crippen LogP contribution >= 0.6 is 0 Å². The van der Waals surface area contributed by atoms with Gasteiger partial charge in [0.2, 0.25) is 0 Å². The van der Waals surface area contributed by atoms with Gasteiger partial charge in [0.15, 0.2) is 0 Å².